The third-order valence-electron chi connectivity index (χ3n) is 1.62. The topological polar surface area (TPSA) is 50.2 Å². The van der Waals surface area contributed by atoms with E-state index < -0.39 is 5.97 Å². The van der Waals surface area contributed by atoms with Gasteiger partial charge in [0.15, 0.2) is 4.47 Å². The number of halogens is 2. The molecule has 0 bridgehead atoms. The first-order valence-corrected chi connectivity index (χ1v) is 4.66. The number of rotatable bonds is 1. The van der Waals surface area contributed by atoms with Crippen molar-refractivity contribution in [3.05, 3.63) is 28.2 Å². The van der Waals surface area contributed by atoms with Crippen molar-refractivity contribution in [2.24, 2.45) is 0 Å². The summed E-state index contributed by atoms with van der Waals surface area (Å²) in [7, 11) is 0. The molecule has 0 aliphatic rings. The second kappa shape index (κ2) is 4.13. The lowest BCUT2D eigenvalue weighted by Crippen LogP contribution is -1.96. The molecule has 2 aromatic rings. The number of carboxylic acid groups (broad SMARTS) is 1. The number of hydrogen-bond acceptors (Lipinski definition) is 3. The van der Waals surface area contributed by atoms with Crippen molar-refractivity contribution in [3.8, 4) is 0 Å². The Morgan fingerprint density at radius 3 is 2.86 bits per heavy atom. The summed E-state index contributed by atoms with van der Waals surface area (Å²) in [6, 6.07) is 4.99. The van der Waals surface area contributed by atoms with Gasteiger partial charge in [0.1, 0.15) is 0 Å². The maximum absolute atomic E-state index is 10.7. The number of para-hydroxylation sites is 1. The lowest BCUT2D eigenvalue weighted by atomic mass is 10.2. The highest BCUT2D eigenvalue weighted by molar-refractivity contribution is 7.22. The standard InChI is InChI=1S/C8H4ClNO2S.ClH/c9-8-10-6-4(7(11)12)2-1-3-5(6)13-8;/h1-3H,(H,11,12);1H. The molecule has 0 saturated carbocycles. The molecule has 0 unspecified atom stereocenters. The summed E-state index contributed by atoms with van der Waals surface area (Å²) in [5.41, 5.74) is 0.658. The molecule has 0 aliphatic heterocycles. The van der Waals surface area contributed by atoms with Crippen molar-refractivity contribution >= 4 is 51.5 Å². The average Bonchev–Trinajstić information content (AvgIpc) is 2.43. The smallest absolute Gasteiger partial charge is 0.337 e. The van der Waals surface area contributed by atoms with Crippen molar-refractivity contribution < 1.29 is 9.90 Å². The molecule has 6 heteroatoms. The number of thiazole rings is 1. The van der Waals surface area contributed by atoms with Gasteiger partial charge in [0.05, 0.1) is 15.8 Å². The molecule has 2 rings (SSSR count). The van der Waals surface area contributed by atoms with E-state index in [-0.39, 0.29) is 18.0 Å². The summed E-state index contributed by atoms with van der Waals surface area (Å²) >= 11 is 6.95. The third kappa shape index (κ3) is 1.82. The monoisotopic (exact) mass is 249 g/mol. The van der Waals surface area contributed by atoms with E-state index in [0.717, 1.165) is 4.70 Å². The summed E-state index contributed by atoms with van der Waals surface area (Å²) in [5.74, 6) is -0.979. The first kappa shape index (κ1) is 11.2. The zero-order chi connectivity index (χ0) is 9.42. The van der Waals surface area contributed by atoms with E-state index in [0.29, 0.717) is 9.98 Å². The van der Waals surface area contributed by atoms with Crippen LogP contribution in [0.4, 0.5) is 0 Å². The Morgan fingerprint density at radius 1 is 1.50 bits per heavy atom. The number of nitrogens with zero attached hydrogens (tertiary/aromatic N) is 1. The fourth-order valence-electron chi connectivity index (χ4n) is 1.09. The summed E-state index contributed by atoms with van der Waals surface area (Å²) in [6.45, 7) is 0. The molecule has 74 valence electrons. The molecular formula is C8H5Cl2NO2S. The van der Waals surface area contributed by atoms with E-state index in [9.17, 15) is 4.79 Å². The number of fused-ring (bicyclic) bond motifs is 1. The van der Waals surface area contributed by atoms with E-state index in [2.05, 4.69) is 4.98 Å². The Balaban J connectivity index is 0.000000980. The Kier molecular flexibility index (Phi) is 3.31. The number of benzene rings is 1. The van der Waals surface area contributed by atoms with Gasteiger partial charge in [-0.2, -0.15) is 0 Å². The van der Waals surface area contributed by atoms with Gasteiger partial charge in [-0.3, -0.25) is 0 Å². The number of aromatic carboxylic acids is 1. The Bertz CT molecular complexity index is 483. The lowest BCUT2D eigenvalue weighted by Gasteiger charge is -1.93. The quantitative estimate of drug-likeness (QED) is 0.846. The zero-order valence-corrected chi connectivity index (χ0v) is 9.12. The van der Waals surface area contributed by atoms with Crippen LogP contribution in [0.15, 0.2) is 18.2 Å². The van der Waals surface area contributed by atoms with Gasteiger partial charge in [-0.25, -0.2) is 9.78 Å². The largest absolute Gasteiger partial charge is 0.478 e. The average molecular weight is 250 g/mol. The van der Waals surface area contributed by atoms with Crippen molar-refractivity contribution in [2.75, 3.05) is 0 Å². The SMILES string of the molecule is Cl.O=C(O)c1cccc2sc(Cl)nc12. The van der Waals surface area contributed by atoms with Crippen LogP contribution in [0, 0.1) is 0 Å². The number of carbonyl (C=O) groups is 1. The highest BCUT2D eigenvalue weighted by Gasteiger charge is 2.11. The van der Waals surface area contributed by atoms with E-state index in [1.807, 2.05) is 0 Å². The molecule has 0 spiro atoms. The van der Waals surface area contributed by atoms with Gasteiger partial charge < -0.3 is 5.11 Å². The molecule has 1 aromatic carbocycles. The van der Waals surface area contributed by atoms with E-state index in [1.165, 1.54) is 17.4 Å². The van der Waals surface area contributed by atoms with Crippen molar-refractivity contribution in [1.29, 1.82) is 0 Å². The molecule has 0 radical (unpaired) electrons. The maximum Gasteiger partial charge on any atom is 0.337 e. The van der Waals surface area contributed by atoms with Crippen molar-refractivity contribution in [1.82, 2.24) is 4.98 Å². The first-order valence-electron chi connectivity index (χ1n) is 3.47. The molecule has 0 fully saturated rings. The Labute approximate surface area is 94.8 Å². The third-order valence-corrected chi connectivity index (χ3v) is 2.75. The Morgan fingerprint density at radius 2 is 2.21 bits per heavy atom. The van der Waals surface area contributed by atoms with Gasteiger partial charge >= 0.3 is 5.97 Å². The summed E-state index contributed by atoms with van der Waals surface area (Å²) in [4.78, 5) is 14.7. The molecule has 0 amide bonds. The van der Waals surface area contributed by atoms with Crippen molar-refractivity contribution in [3.63, 3.8) is 0 Å². The minimum atomic E-state index is -0.979. The fourth-order valence-corrected chi connectivity index (χ4v) is 2.15. The number of carboxylic acids is 1. The number of aromatic nitrogens is 1. The van der Waals surface area contributed by atoms with E-state index in [1.54, 1.807) is 12.1 Å². The molecule has 3 nitrogen and oxygen atoms in total. The minimum Gasteiger partial charge on any atom is -0.478 e. The van der Waals surface area contributed by atoms with Crippen LogP contribution in [0.1, 0.15) is 10.4 Å². The molecule has 14 heavy (non-hydrogen) atoms. The molecule has 1 N–H and O–H groups in total. The highest BCUT2D eigenvalue weighted by Crippen LogP contribution is 2.27. The molecule has 1 aromatic heterocycles. The molecular weight excluding hydrogens is 245 g/mol. The van der Waals surface area contributed by atoms with E-state index >= 15 is 0 Å². The van der Waals surface area contributed by atoms with Crippen molar-refractivity contribution in [2.45, 2.75) is 0 Å². The van der Waals surface area contributed by atoms with Crippen LogP contribution >= 0.6 is 35.3 Å². The van der Waals surface area contributed by atoms with Crippen LogP contribution in [0.5, 0.6) is 0 Å². The molecule has 1 heterocycles. The van der Waals surface area contributed by atoms with Crippen LogP contribution in [0.2, 0.25) is 4.47 Å². The zero-order valence-electron chi connectivity index (χ0n) is 6.73. The summed E-state index contributed by atoms with van der Waals surface area (Å²) in [5, 5.41) is 8.81. The van der Waals surface area contributed by atoms with Gasteiger partial charge in [-0.15, -0.1) is 23.7 Å². The summed E-state index contributed by atoms with van der Waals surface area (Å²) in [6.07, 6.45) is 0. The normalized spacial score (nSPS) is 9.79. The molecule has 0 atom stereocenters. The van der Waals surface area contributed by atoms with Gasteiger partial charge in [0.25, 0.3) is 0 Å². The van der Waals surface area contributed by atoms with Crippen LogP contribution < -0.4 is 0 Å². The minimum absolute atomic E-state index is 0. The van der Waals surface area contributed by atoms with Gasteiger partial charge in [0.2, 0.25) is 0 Å². The fraction of sp³-hybridized carbons (Fsp3) is 0. The van der Waals surface area contributed by atoms with Gasteiger partial charge in [-0.05, 0) is 12.1 Å². The predicted octanol–water partition coefficient (Wildman–Crippen LogP) is 3.07. The number of hydrogen-bond donors (Lipinski definition) is 1. The highest BCUT2D eigenvalue weighted by atomic mass is 35.5. The predicted molar refractivity (Wildman–Crippen MR) is 58.8 cm³/mol. The second-order valence-electron chi connectivity index (χ2n) is 2.42. The molecule has 0 aliphatic carbocycles. The lowest BCUT2D eigenvalue weighted by molar-refractivity contribution is 0.0699. The van der Waals surface area contributed by atoms with Crippen LogP contribution in [-0.4, -0.2) is 16.1 Å². The van der Waals surface area contributed by atoms with Gasteiger partial charge in [0, 0.05) is 0 Å². The van der Waals surface area contributed by atoms with Crippen LogP contribution in [0.25, 0.3) is 10.2 Å². The second-order valence-corrected chi connectivity index (χ2v) is 4.04. The maximum atomic E-state index is 10.7. The Hall–Kier alpha value is -0.840. The molecule has 0 saturated heterocycles. The van der Waals surface area contributed by atoms with E-state index in [4.69, 9.17) is 16.7 Å². The van der Waals surface area contributed by atoms with Crippen LogP contribution in [-0.2, 0) is 0 Å². The van der Waals surface area contributed by atoms with Gasteiger partial charge in [-0.1, -0.05) is 17.7 Å². The van der Waals surface area contributed by atoms with Crippen LogP contribution in [0.3, 0.4) is 0 Å². The summed E-state index contributed by atoms with van der Waals surface area (Å²) < 4.78 is 1.16. The first-order chi connectivity index (χ1) is 6.18.